The summed E-state index contributed by atoms with van der Waals surface area (Å²) < 4.78 is 5.51. The molecule has 76 valence electrons. The van der Waals surface area contributed by atoms with Crippen LogP contribution in [0.2, 0.25) is 0 Å². The second-order valence-corrected chi connectivity index (χ2v) is 3.27. The highest BCUT2D eigenvalue weighted by Gasteiger charge is 1.97. The fourth-order valence-electron chi connectivity index (χ4n) is 1.18. The van der Waals surface area contributed by atoms with Gasteiger partial charge in [0.15, 0.2) is 0 Å². The van der Waals surface area contributed by atoms with E-state index in [9.17, 15) is 0 Å². The van der Waals surface area contributed by atoms with Gasteiger partial charge in [0.2, 0.25) is 5.88 Å². The molecule has 1 aromatic heterocycles. The molecular formula is C12H11NO2. The topological polar surface area (TPSA) is 42.4 Å². The molecule has 2 aromatic rings. The highest BCUT2D eigenvalue weighted by atomic mass is 16.5. The summed E-state index contributed by atoms with van der Waals surface area (Å²) in [6.07, 6.45) is 1.48. The summed E-state index contributed by atoms with van der Waals surface area (Å²) >= 11 is 0. The fraction of sp³-hybridized carbons (Fsp3) is 0.0833. The van der Waals surface area contributed by atoms with Crippen LogP contribution in [0.3, 0.4) is 0 Å². The summed E-state index contributed by atoms with van der Waals surface area (Å²) in [6, 6.07) is 10.9. The van der Waals surface area contributed by atoms with Crippen LogP contribution in [-0.2, 0) is 0 Å². The number of pyridine rings is 1. The smallest absolute Gasteiger partial charge is 0.210 e. The molecule has 1 heterocycles. The number of nitrogens with zero attached hydrogens (tertiary/aromatic N) is 1. The van der Waals surface area contributed by atoms with E-state index in [-0.39, 0.29) is 5.88 Å². The third-order valence-corrected chi connectivity index (χ3v) is 1.98. The molecular weight excluding hydrogens is 190 g/mol. The standard InChI is InChI=1S/C12H11NO2/c1-9-2-4-10(5-3-9)15-11-6-7-12(14)13-8-11/h2-8H,1H3,(H,13,14). The third kappa shape index (κ3) is 2.47. The lowest BCUT2D eigenvalue weighted by atomic mass is 10.2. The summed E-state index contributed by atoms with van der Waals surface area (Å²) in [5.41, 5.74) is 1.19. The van der Waals surface area contributed by atoms with Crippen LogP contribution in [0.1, 0.15) is 5.56 Å². The van der Waals surface area contributed by atoms with Crippen LogP contribution < -0.4 is 4.74 Å². The van der Waals surface area contributed by atoms with Gasteiger partial charge in [-0.05, 0) is 25.1 Å². The molecule has 0 fully saturated rings. The molecule has 0 amide bonds. The van der Waals surface area contributed by atoms with Crippen molar-refractivity contribution >= 4 is 0 Å². The monoisotopic (exact) mass is 201 g/mol. The molecule has 3 heteroatoms. The first-order valence-electron chi connectivity index (χ1n) is 4.63. The van der Waals surface area contributed by atoms with Gasteiger partial charge in [0, 0.05) is 6.07 Å². The van der Waals surface area contributed by atoms with Crippen LogP contribution in [0, 0.1) is 6.92 Å². The van der Waals surface area contributed by atoms with Gasteiger partial charge in [0.1, 0.15) is 11.5 Å². The van der Waals surface area contributed by atoms with Gasteiger partial charge in [-0.15, -0.1) is 0 Å². The minimum absolute atomic E-state index is 0.00810. The zero-order valence-electron chi connectivity index (χ0n) is 8.34. The van der Waals surface area contributed by atoms with Crippen molar-refractivity contribution in [3.63, 3.8) is 0 Å². The summed E-state index contributed by atoms with van der Waals surface area (Å²) in [4.78, 5) is 3.72. The first-order chi connectivity index (χ1) is 7.24. The largest absolute Gasteiger partial charge is 0.493 e. The number of hydrogen-bond acceptors (Lipinski definition) is 3. The molecule has 0 saturated heterocycles. The second kappa shape index (κ2) is 4.00. The lowest BCUT2D eigenvalue weighted by Crippen LogP contribution is -1.84. The van der Waals surface area contributed by atoms with Crippen LogP contribution in [0.5, 0.6) is 17.4 Å². The van der Waals surface area contributed by atoms with Crippen LogP contribution in [-0.4, -0.2) is 10.1 Å². The average Bonchev–Trinajstić information content (AvgIpc) is 2.25. The van der Waals surface area contributed by atoms with Crippen molar-refractivity contribution < 1.29 is 9.84 Å². The average molecular weight is 201 g/mol. The second-order valence-electron chi connectivity index (χ2n) is 3.27. The summed E-state index contributed by atoms with van der Waals surface area (Å²) in [5, 5.41) is 8.99. The number of aromatic nitrogens is 1. The first-order valence-corrected chi connectivity index (χ1v) is 4.63. The molecule has 3 nitrogen and oxygen atoms in total. The fourth-order valence-corrected chi connectivity index (χ4v) is 1.18. The van der Waals surface area contributed by atoms with Crippen LogP contribution in [0.4, 0.5) is 0 Å². The molecule has 0 radical (unpaired) electrons. The van der Waals surface area contributed by atoms with E-state index in [1.165, 1.54) is 17.8 Å². The van der Waals surface area contributed by atoms with Crippen molar-refractivity contribution in [2.24, 2.45) is 0 Å². The maximum absolute atomic E-state index is 8.99. The Bertz CT molecular complexity index is 391. The molecule has 0 aliphatic rings. The molecule has 0 bridgehead atoms. The van der Waals surface area contributed by atoms with Gasteiger partial charge < -0.3 is 9.84 Å². The van der Waals surface area contributed by atoms with E-state index in [4.69, 9.17) is 9.84 Å². The van der Waals surface area contributed by atoms with Gasteiger partial charge in [0.25, 0.3) is 0 Å². The minimum atomic E-state index is -0.00810. The number of hydrogen-bond donors (Lipinski definition) is 1. The Balaban J connectivity index is 2.15. The molecule has 0 atom stereocenters. The summed E-state index contributed by atoms with van der Waals surface area (Å²) in [6.45, 7) is 2.02. The first kappa shape index (κ1) is 9.52. The Labute approximate surface area is 88.0 Å². The molecule has 0 aliphatic heterocycles. The Kier molecular flexibility index (Phi) is 2.54. The maximum Gasteiger partial charge on any atom is 0.210 e. The Morgan fingerprint density at radius 3 is 2.27 bits per heavy atom. The molecule has 0 saturated carbocycles. The minimum Gasteiger partial charge on any atom is -0.493 e. The van der Waals surface area contributed by atoms with E-state index >= 15 is 0 Å². The molecule has 1 N–H and O–H groups in total. The normalized spacial score (nSPS) is 9.93. The highest BCUT2D eigenvalue weighted by Crippen LogP contribution is 2.21. The molecule has 15 heavy (non-hydrogen) atoms. The maximum atomic E-state index is 8.99. The highest BCUT2D eigenvalue weighted by molar-refractivity contribution is 5.32. The van der Waals surface area contributed by atoms with Gasteiger partial charge >= 0.3 is 0 Å². The van der Waals surface area contributed by atoms with E-state index in [0.717, 1.165) is 5.75 Å². The van der Waals surface area contributed by atoms with E-state index in [2.05, 4.69) is 4.98 Å². The Morgan fingerprint density at radius 1 is 1.00 bits per heavy atom. The predicted molar refractivity (Wildman–Crippen MR) is 57.2 cm³/mol. The molecule has 2 rings (SSSR count). The predicted octanol–water partition coefficient (Wildman–Crippen LogP) is 2.89. The zero-order chi connectivity index (χ0) is 10.7. The van der Waals surface area contributed by atoms with E-state index in [1.807, 2.05) is 31.2 Å². The van der Waals surface area contributed by atoms with Gasteiger partial charge in [0.05, 0.1) is 6.20 Å². The van der Waals surface area contributed by atoms with Crippen molar-refractivity contribution in [3.8, 4) is 17.4 Å². The SMILES string of the molecule is Cc1ccc(Oc2ccc(O)nc2)cc1. The van der Waals surface area contributed by atoms with Crippen LogP contribution >= 0.6 is 0 Å². The number of benzene rings is 1. The number of aryl methyl sites for hydroxylation is 1. The van der Waals surface area contributed by atoms with Crippen molar-refractivity contribution in [2.75, 3.05) is 0 Å². The van der Waals surface area contributed by atoms with Crippen molar-refractivity contribution in [2.45, 2.75) is 6.92 Å². The lowest BCUT2D eigenvalue weighted by Gasteiger charge is -2.04. The molecule has 1 aromatic carbocycles. The molecule has 0 aliphatic carbocycles. The third-order valence-electron chi connectivity index (χ3n) is 1.98. The molecule has 0 spiro atoms. The van der Waals surface area contributed by atoms with E-state index < -0.39 is 0 Å². The number of ether oxygens (including phenoxy) is 1. The quantitative estimate of drug-likeness (QED) is 0.812. The van der Waals surface area contributed by atoms with Crippen molar-refractivity contribution in [1.29, 1.82) is 0 Å². The molecule has 0 unspecified atom stereocenters. The van der Waals surface area contributed by atoms with Gasteiger partial charge in [-0.3, -0.25) is 0 Å². The van der Waals surface area contributed by atoms with Gasteiger partial charge in [-0.1, -0.05) is 17.7 Å². The zero-order valence-corrected chi connectivity index (χ0v) is 8.34. The summed E-state index contributed by atoms with van der Waals surface area (Å²) in [7, 11) is 0. The van der Waals surface area contributed by atoms with E-state index in [1.54, 1.807) is 6.07 Å². The van der Waals surface area contributed by atoms with Crippen molar-refractivity contribution in [1.82, 2.24) is 4.98 Å². The Morgan fingerprint density at radius 2 is 1.67 bits per heavy atom. The summed E-state index contributed by atoms with van der Waals surface area (Å²) in [5.74, 6) is 1.36. The van der Waals surface area contributed by atoms with Gasteiger partial charge in [-0.25, -0.2) is 4.98 Å². The van der Waals surface area contributed by atoms with Crippen molar-refractivity contribution in [3.05, 3.63) is 48.2 Å². The Hall–Kier alpha value is -2.03. The van der Waals surface area contributed by atoms with Crippen LogP contribution in [0.25, 0.3) is 0 Å². The lowest BCUT2D eigenvalue weighted by molar-refractivity contribution is 0.443. The van der Waals surface area contributed by atoms with E-state index in [0.29, 0.717) is 5.75 Å². The number of rotatable bonds is 2. The van der Waals surface area contributed by atoms with Gasteiger partial charge in [-0.2, -0.15) is 0 Å². The van der Waals surface area contributed by atoms with Crippen LogP contribution in [0.15, 0.2) is 42.6 Å². The number of aromatic hydroxyl groups is 1.